The van der Waals surface area contributed by atoms with Gasteiger partial charge in [0.25, 0.3) is 10.0 Å². The first-order chi connectivity index (χ1) is 8.95. The summed E-state index contributed by atoms with van der Waals surface area (Å²) in [6.07, 6.45) is 0. The average Bonchev–Trinajstić information content (AvgIpc) is 2.36. The van der Waals surface area contributed by atoms with Gasteiger partial charge < -0.3 is 9.63 Å². The summed E-state index contributed by atoms with van der Waals surface area (Å²) in [6, 6.07) is 4.95. The molecule has 0 radical (unpaired) electrons. The van der Waals surface area contributed by atoms with Crippen LogP contribution < -0.4 is 4.31 Å². The number of nitrogens with zero attached hydrogens (tertiary/aromatic N) is 1. The molecule has 1 aromatic rings. The van der Waals surface area contributed by atoms with Crippen LogP contribution in [0.15, 0.2) is 23.6 Å². The van der Waals surface area contributed by atoms with Crippen LogP contribution in [0, 0.1) is 11.8 Å². The maximum absolute atomic E-state index is 11.7. The van der Waals surface area contributed by atoms with Crippen molar-refractivity contribution in [3.8, 4) is 11.8 Å². The number of aliphatic hydroxyl groups is 1. The van der Waals surface area contributed by atoms with Gasteiger partial charge in [-0.05, 0) is 18.2 Å². The third-order valence-corrected chi connectivity index (χ3v) is 4.29. The van der Waals surface area contributed by atoms with Crippen molar-refractivity contribution in [2.45, 2.75) is 0 Å². The second-order valence-electron chi connectivity index (χ2n) is 3.86. The van der Waals surface area contributed by atoms with Gasteiger partial charge in [-0.25, -0.2) is 8.42 Å². The molecule has 1 unspecified atom stereocenters. The van der Waals surface area contributed by atoms with Crippen molar-refractivity contribution in [2.75, 3.05) is 18.0 Å². The first kappa shape index (κ1) is 13.9. The Labute approximate surface area is 114 Å². The Morgan fingerprint density at radius 1 is 1.47 bits per heavy atom. The number of fused-ring (bicyclic) bond motifs is 1. The molecule has 0 bridgehead atoms. The minimum atomic E-state index is -3.60. The van der Waals surface area contributed by atoms with Gasteiger partial charge in [0.05, 0.1) is 11.1 Å². The molecule has 0 amide bonds. The molecule has 1 N–H and O–H groups in total. The van der Waals surface area contributed by atoms with Gasteiger partial charge in [0.2, 0.25) is 0 Å². The predicted molar refractivity (Wildman–Crippen MR) is 76.9 cm³/mol. The molecule has 19 heavy (non-hydrogen) atoms. The van der Waals surface area contributed by atoms with E-state index in [4.69, 9.17) is 4.52 Å². The second-order valence-corrected chi connectivity index (χ2v) is 6.01. The number of rotatable bonds is 1. The lowest BCUT2D eigenvalue weighted by molar-refractivity contribution is 0.436. The topological polar surface area (TPSA) is 66.8 Å². The number of anilines is 1. The lowest BCUT2D eigenvalue weighted by Gasteiger charge is -2.24. The van der Waals surface area contributed by atoms with Gasteiger partial charge in [-0.2, -0.15) is 0 Å². The van der Waals surface area contributed by atoms with Crippen molar-refractivity contribution in [1.29, 1.82) is 0 Å². The van der Waals surface area contributed by atoms with Crippen LogP contribution in [0.1, 0.15) is 11.1 Å². The molecular weight excluding hydrogens is 285 g/mol. The number of aliphatic hydroxyl groups excluding tert-OH is 1. The third-order valence-electron chi connectivity index (χ3n) is 2.64. The normalized spacial score (nSPS) is 16.1. The summed E-state index contributed by atoms with van der Waals surface area (Å²) in [7, 11) is -0.0591. The van der Waals surface area contributed by atoms with E-state index < -0.39 is 10.0 Å². The Bertz CT molecular complexity index is 700. The van der Waals surface area contributed by atoms with Gasteiger partial charge in [0, 0.05) is 27.6 Å². The standard InChI is InChI=1S/C12H12NO4PS/c1-13-11-5-4-9(3-2-6-17-18)7-10(11)12(14)8-19(13,15)16/h4-5,7-8,14H,6,18H2,1H3. The van der Waals surface area contributed by atoms with Crippen molar-refractivity contribution in [3.05, 3.63) is 34.7 Å². The summed E-state index contributed by atoms with van der Waals surface area (Å²) in [5.74, 6) is 5.35. The van der Waals surface area contributed by atoms with E-state index in [-0.39, 0.29) is 12.4 Å². The molecule has 2 rings (SSSR count). The Morgan fingerprint density at radius 2 is 2.21 bits per heavy atom. The number of benzene rings is 1. The van der Waals surface area contributed by atoms with Gasteiger partial charge in [-0.1, -0.05) is 11.8 Å². The lowest BCUT2D eigenvalue weighted by atomic mass is 10.1. The van der Waals surface area contributed by atoms with Crippen LogP contribution in [-0.4, -0.2) is 27.2 Å². The first-order valence-electron chi connectivity index (χ1n) is 5.30. The highest BCUT2D eigenvalue weighted by atomic mass is 32.2. The van der Waals surface area contributed by atoms with Crippen LogP contribution in [0.5, 0.6) is 0 Å². The van der Waals surface area contributed by atoms with E-state index in [1.807, 2.05) is 0 Å². The molecule has 7 heteroatoms. The summed E-state index contributed by atoms with van der Waals surface area (Å²) in [5, 5.41) is 10.6. The monoisotopic (exact) mass is 297 g/mol. The van der Waals surface area contributed by atoms with E-state index in [1.54, 1.807) is 18.2 Å². The highest BCUT2D eigenvalue weighted by molar-refractivity contribution is 7.95. The molecule has 0 aromatic heterocycles. The zero-order valence-corrected chi connectivity index (χ0v) is 12.1. The maximum atomic E-state index is 11.7. The first-order valence-corrected chi connectivity index (χ1v) is 7.28. The fraction of sp³-hybridized carbons (Fsp3) is 0.167. The molecule has 0 aliphatic carbocycles. The van der Waals surface area contributed by atoms with Gasteiger partial charge in [-0.15, -0.1) is 0 Å². The molecular formula is C12H12NO4PS. The maximum Gasteiger partial charge on any atom is 0.260 e. The Kier molecular flexibility index (Phi) is 3.81. The van der Waals surface area contributed by atoms with Crippen LogP contribution in [0.3, 0.4) is 0 Å². The van der Waals surface area contributed by atoms with Crippen LogP contribution in [0.4, 0.5) is 5.69 Å². The molecule has 1 aliphatic rings. The quantitative estimate of drug-likeness (QED) is 0.630. The Morgan fingerprint density at radius 3 is 2.89 bits per heavy atom. The molecule has 0 spiro atoms. The summed E-state index contributed by atoms with van der Waals surface area (Å²) < 4.78 is 29.2. The highest BCUT2D eigenvalue weighted by Crippen LogP contribution is 2.33. The molecule has 1 heterocycles. The van der Waals surface area contributed by atoms with Gasteiger partial charge >= 0.3 is 0 Å². The molecule has 0 saturated carbocycles. The van der Waals surface area contributed by atoms with Crippen molar-refractivity contribution in [2.24, 2.45) is 0 Å². The van der Waals surface area contributed by atoms with Crippen LogP contribution >= 0.6 is 9.47 Å². The van der Waals surface area contributed by atoms with E-state index in [1.165, 1.54) is 7.05 Å². The number of hydrogen-bond donors (Lipinski definition) is 1. The molecule has 1 aromatic carbocycles. The van der Waals surface area contributed by atoms with E-state index in [2.05, 4.69) is 21.3 Å². The molecule has 100 valence electrons. The highest BCUT2D eigenvalue weighted by Gasteiger charge is 2.26. The smallest absolute Gasteiger partial charge is 0.260 e. The van der Waals surface area contributed by atoms with Crippen molar-refractivity contribution >= 4 is 30.9 Å². The minimum absolute atomic E-state index is 0.276. The SMILES string of the molecule is CN1c2ccc(C#CCOP)cc2C(O)=CS1(=O)=O. The Hall–Kier alpha value is -1.54. The lowest BCUT2D eigenvalue weighted by Crippen LogP contribution is -2.28. The Balaban J connectivity index is 2.48. The fourth-order valence-corrected chi connectivity index (χ4v) is 2.78. The van der Waals surface area contributed by atoms with Crippen LogP contribution in [-0.2, 0) is 14.5 Å². The third kappa shape index (κ3) is 2.74. The van der Waals surface area contributed by atoms with Crippen LogP contribution in [0.2, 0.25) is 0 Å². The minimum Gasteiger partial charge on any atom is -0.506 e. The zero-order valence-electron chi connectivity index (χ0n) is 10.1. The summed E-state index contributed by atoms with van der Waals surface area (Å²) >= 11 is 0. The van der Waals surface area contributed by atoms with E-state index in [9.17, 15) is 13.5 Å². The molecule has 5 nitrogen and oxygen atoms in total. The van der Waals surface area contributed by atoms with Gasteiger partial charge in [0.15, 0.2) is 0 Å². The molecule has 1 aliphatic heterocycles. The number of hydrogen-bond acceptors (Lipinski definition) is 4. The molecule has 0 saturated heterocycles. The van der Waals surface area contributed by atoms with Crippen LogP contribution in [0.25, 0.3) is 5.76 Å². The van der Waals surface area contributed by atoms with Crippen molar-refractivity contribution in [3.63, 3.8) is 0 Å². The summed E-state index contributed by atoms with van der Waals surface area (Å²) in [6.45, 7) is 0.276. The van der Waals surface area contributed by atoms with E-state index >= 15 is 0 Å². The van der Waals surface area contributed by atoms with E-state index in [0.29, 0.717) is 16.8 Å². The zero-order chi connectivity index (χ0) is 14.0. The van der Waals surface area contributed by atoms with Crippen molar-refractivity contribution < 1.29 is 18.0 Å². The summed E-state index contributed by atoms with van der Waals surface area (Å²) in [5.41, 5.74) is 1.54. The molecule has 0 fully saturated rings. The van der Waals surface area contributed by atoms with Crippen molar-refractivity contribution in [1.82, 2.24) is 0 Å². The fourth-order valence-electron chi connectivity index (χ4n) is 1.69. The number of sulfonamides is 1. The summed E-state index contributed by atoms with van der Waals surface area (Å²) in [4.78, 5) is 0. The molecule has 1 atom stereocenters. The van der Waals surface area contributed by atoms with Gasteiger partial charge in [-0.3, -0.25) is 4.31 Å². The largest absolute Gasteiger partial charge is 0.506 e. The van der Waals surface area contributed by atoms with Gasteiger partial charge in [0.1, 0.15) is 12.4 Å². The second kappa shape index (κ2) is 5.22. The van der Waals surface area contributed by atoms with E-state index in [0.717, 1.165) is 9.71 Å². The predicted octanol–water partition coefficient (Wildman–Crippen LogP) is 1.48. The average molecular weight is 297 g/mol.